The summed E-state index contributed by atoms with van der Waals surface area (Å²) in [6, 6.07) is 11.3. The van der Waals surface area contributed by atoms with Crippen molar-refractivity contribution < 1.29 is 14.3 Å². The van der Waals surface area contributed by atoms with Gasteiger partial charge in [0, 0.05) is 16.6 Å². The summed E-state index contributed by atoms with van der Waals surface area (Å²) in [6.07, 6.45) is 7.35. The highest BCUT2D eigenvalue weighted by atomic mass is 79.9. The average Bonchev–Trinajstić information content (AvgIpc) is 3.06. The molecule has 1 N–H and O–H groups in total. The smallest absolute Gasteiger partial charge is 0.276 e. The normalized spacial score (nSPS) is 18.2. The number of hydrogen-bond acceptors (Lipinski definition) is 4. The predicted molar refractivity (Wildman–Crippen MR) is 134 cm³/mol. The highest BCUT2D eigenvalue weighted by Crippen LogP contribution is 2.31. The Morgan fingerprint density at radius 3 is 2.66 bits per heavy atom. The Labute approximate surface area is 206 Å². The van der Waals surface area contributed by atoms with Crippen molar-refractivity contribution in [1.29, 1.82) is 0 Å². The second kappa shape index (κ2) is 10.2. The standard InChI is InChI=1S/C24H24BrClN2O3S/c1-30-21-9-7-15(11-16(21)14-31-22-10-8-17(26)13-19(22)25)12-20-23(29)28(24(32)27-20)18-5-3-2-4-6-18/h7-13,18H,2-6,14H2,1H3,(H,27,32)/b20-12+. The summed E-state index contributed by atoms with van der Waals surface area (Å²) in [5.41, 5.74) is 2.22. The van der Waals surface area contributed by atoms with Crippen molar-refractivity contribution in [2.75, 3.05) is 7.11 Å². The van der Waals surface area contributed by atoms with Crippen LogP contribution < -0.4 is 14.8 Å². The number of halogens is 2. The fraction of sp³-hybridized carbons (Fsp3) is 0.333. The zero-order valence-electron chi connectivity index (χ0n) is 17.7. The number of methoxy groups -OCH3 is 1. The van der Waals surface area contributed by atoms with Gasteiger partial charge in [-0.1, -0.05) is 36.9 Å². The van der Waals surface area contributed by atoms with Crippen LogP contribution >= 0.6 is 39.7 Å². The lowest BCUT2D eigenvalue weighted by Crippen LogP contribution is -2.41. The number of nitrogens with one attached hydrogen (secondary N) is 1. The Balaban J connectivity index is 1.53. The summed E-state index contributed by atoms with van der Waals surface area (Å²) in [5.74, 6) is 1.34. The lowest BCUT2D eigenvalue weighted by atomic mass is 9.94. The van der Waals surface area contributed by atoms with E-state index >= 15 is 0 Å². The van der Waals surface area contributed by atoms with Crippen LogP contribution in [0, 0.1) is 0 Å². The number of carbonyl (C=O) groups excluding carboxylic acids is 1. The minimum absolute atomic E-state index is 0.0550. The van der Waals surface area contributed by atoms with E-state index in [9.17, 15) is 4.79 Å². The number of benzene rings is 2. The first kappa shape index (κ1) is 23.1. The minimum atomic E-state index is -0.0550. The highest BCUT2D eigenvalue weighted by Gasteiger charge is 2.36. The van der Waals surface area contributed by atoms with Crippen LogP contribution in [0.1, 0.15) is 43.2 Å². The van der Waals surface area contributed by atoms with E-state index in [0.29, 0.717) is 33.9 Å². The monoisotopic (exact) mass is 534 g/mol. The molecule has 1 heterocycles. The van der Waals surface area contributed by atoms with Crippen LogP contribution in [0.25, 0.3) is 6.08 Å². The molecule has 0 aromatic heterocycles. The van der Waals surface area contributed by atoms with Crippen molar-refractivity contribution in [2.45, 2.75) is 44.8 Å². The molecule has 0 spiro atoms. The Bertz CT molecular complexity index is 1070. The van der Waals surface area contributed by atoms with Crippen LogP contribution in [-0.2, 0) is 11.4 Å². The topological polar surface area (TPSA) is 50.8 Å². The summed E-state index contributed by atoms with van der Waals surface area (Å²) >= 11 is 14.9. The van der Waals surface area contributed by atoms with Crippen LogP contribution in [-0.4, -0.2) is 29.1 Å². The molecule has 4 rings (SSSR count). The molecule has 0 bridgehead atoms. The lowest BCUT2D eigenvalue weighted by Gasteiger charge is -2.29. The van der Waals surface area contributed by atoms with Gasteiger partial charge in [-0.15, -0.1) is 0 Å². The van der Waals surface area contributed by atoms with E-state index in [4.69, 9.17) is 33.3 Å². The van der Waals surface area contributed by atoms with Crippen LogP contribution in [0.4, 0.5) is 0 Å². The molecule has 32 heavy (non-hydrogen) atoms. The SMILES string of the molecule is COc1ccc(/C=C2/NC(=S)N(C3CCCCC3)C2=O)cc1COc1ccc(Cl)cc1Br. The van der Waals surface area contributed by atoms with Gasteiger partial charge in [0.05, 0.1) is 11.6 Å². The molecule has 2 fully saturated rings. The molecule has 1 aliphatic carbocycles. The maximum Gasteiger partial charge on any atom is 0.276 e. The van der Waals surface area contributed by atoms with E-state index < -0.39 is 0 Å². The molecule has 2 aromatic rings. The lowest BCUT2D eigenvalue weighted by molar-refractivity contribution is -0.124. The van der Waals surface area contributed by atoms with Crippen molar-refractivity contribution in [3.05, 3.63) is 62.7 Å². The van der Waals surface area contributed by atoms with E-state index in [1.807, 2.05) is 30.3 Å². The summed E-state index contributed by atoms with van der Waals surface area (Å²) in [7, 11) is 1.62. The largest absolute Gasteiger partial charge is 0.496 e. The van der Waals surface area contributed by atoms with Crippen molar-refractivity contribution >= 4 is 56.8 Å². The van der Waals surface area contributed by atoms with E-state index in [1.165, 1.54) is 6.42 Å². The van der Waals surface area contributed by atoms with Crippen LogP contribution in [0.15, 0.2) is 46.6 Å². The summed E-state index contributed by atoms with van der Waals surface area (Å²) in [5, 5.41) is 4.23. The fourth-order valence-electron chi connectivity index (χ4n) is 4.14. The molecule has 2 aliphatic rings. The van der Waals surface area contributed by atoms with E-state index in [2.05, 4.69) is 21.2 Å². The molecule has 168 valence electrons. The molecule has 8 heteroatoms. The van der Waals surface area contributed by atoms with E-state index in [0.717, 1.165) is 41.3 Å². The maximum absolute atomic E-state index is 13.0. The second-order valence-electron chi connectivity index (χ2n) is 7.89. The zero-order chi connectivity index (χ0) is 22.7. The Hall–Kier alpha value is -2.09. The van der Waals surface area contributed by atoms with Gasteiger partial charge in [-0.25, -0.2) is 0 Å². The van der Waals surface area contributed by atoms with Gasteiger partial charge in [-0.2, -0.15) is 0 Å². The molecule has 5 nitrogen and oxygen atoms in total. The Morgan fingerprint density at radius 2 is 1.94 bits per heavy atom. The Kier molecular flexibility index (Phi) is 7.38. The van der Waals surface area contributed by atoms with Crippen molar-refractivity contribution in [3.8, 4) is 11.5 Å². The van der Waals surface area contributed by atoms with Gasteiger partial charge in [0.1, 0.15) is 23.8 Å². The minimum Gasteiger partial charge on any atom is -0.496 e. The highest BCUT2D eigenvalue weighted by molar-refractivity contribution is 9.10. The number of hydrogen-bond donors (Lipinski definition) is 1. The zero-order valence-corrected chi connectivity index (χ0v) is 20.9. The van der Waals surface area contributed by atoms with Gasteiger partial charge in [-0.3, -0.25) is 9.69 Å². The van der Waals surface area contributed by atoms with Gasteiger partial charge >= 0.3 is 0 Å². The summed E-state index contributed by atoms with van der Waals surface area (Å²) in [4.78, 5) is 14.8. The van der Waals surface area contributed by atoms with Gasteiger partial charge < -0.3 is 14.8 Å². The van der Waals surface area contributed by atoms with Crippen molar-refractivity contribution in [2.24, 2.45) is 0 Å². The van der Waals surface area contributed by atoms with Gasteiger partial charge in [0.15, 0.2) is 5.11 Å². The van der Waals surface area contributed by atoms with Gasteiger partial charge in [0.25, 0.3) is 5.91 Å². The number of ether oxygens (including phenoxy) is 2. The fourth-order valence-corrected chi connectivity index (χ4v) is 5.27. The summed E-state index contributed by atoms with van der Waals surface area (Å²) < 4.78 is 12.2. The third kappa shape index (κ3) is 5.11. The molecule has 2 aromatic carbocycles. The van der Waals surface area contributed by atoms with E-state index in [1.54, 1.807) is 24.1 Å². The molecule has 1 aliphatic heterocycles. The number of carbonyl (C=O) groups is 1. The number of thiocarbonyl (C=S) groups is 1. The van der Waals surface area contributed by atoms with Gasteiger partial charge in [0.2, 0.25) is 0 Å². The predicted octanol–water partition coefficient (Wildman–Crippen LogP) is 6.08. The average molecular weight is 536 g/mol. The first-order chi connectivity index (χ1) is 15.5. The quantitative estimate of drug-likeness (QED) is 0.359. The van der Waals surface area contributed by atoms with Crippen LogP contribution in [0.5, 0.6) is 11.5 Å². The molecule has 1 saturated carbocycles. The molecular formula is C24H24BrClN2O3S. The Morgan fingerprint density at radius 1 is 1.19 bits per heavy atom. The third-order valence-electron chi connectivity index (χ3n) is 5.74. The first-order valence-corrected chi connectivity index (χ1v) is 12.1. The number of amides is 1. The van der Waals surface area contributed by atoms with Crippen molar-refractivity contribution in [1.82, 2.24) is 10.2 Å². The number of rotatable bonds is 6. The molecular weight excluding hydrogens is 512 g/mol. The van der Waals surface area contributed by atoms with Gasteiger partial charge in [-0.05, 0) is 83.0 Å². The van der Waals surface area contributed by atoms with E-state index in [-0.39, 0.29) is 11.9 Å². The molecule has 1 saturated heterocycles. The summed E-state index contributed by atoms with van der Waals surface area (Å²) in [6.45, 7) is 0.300. The molecule has 0 radical (unpaired) electrons. The van der Waals surface area contributed by atoms with Crippen LogP contribution in [0.3, 0.4) is 0 Å². The third-order valence-corrected chi connectivity index (χ3v) is 6.90. The molecule has 0 atom stereocenters. The molecule has 1 amide bonds. The second-order valence-corrected chi connectivity index (χ2v) is 9.57. The molecule has 0 unspecified atom stereocenters. The first-order valence-electron chi connectivity index (χ1n) is 10.6. The van der Waals surface area contributed by atoms with Crippen molar-refractivity contribution in [3.63, 3.8) is 0 Å². The van der Waals surface area contributed by atoms with Crippen LogP contribution in [0.2, 0.25) is 5.02 Å². The number of nitrogens with zero attached hydrogens (tertiary/aromatic N) is 1. The maximum atomic E-state index is 13.0.